The molecular formula is C16H31N2O3P. The lowest BCUT2D eigenvalue weighted by Crippen LogP contribution is -2.35. The lowest BCUT2D eigenvalue weighted by atomic mass is 10.1. The topological polar surface area (TPSA) is 35.3 Å². The van der Waals surface area contributed by atoms with E-state index in [2.05, 4.69) is 51.1 Å². The second-order valence-corrected chi connectivity index (χ2v) is 7.70. The van der Waals surface area contributed by atoms with Crippen LogP contribution in [0.5, 0.6) is 0 Å². The lowest BCUT2D eigenvalue weighted by Gasteiger charge is -2.37. The fourth-order valence-electron chi connectivity index (χ4n) is 2.80. The van der Waals surface area contributed by atoms with Crippen LogP contribution in [0.4, 0.5) is 0 Å². The van der Waals surface area contributed by atoms with E-state index >= 15 is 0 Å². The van der Waals surface area contributed by atoms with Gasteiger partial charge < -0.3 is 18.6 Å². The Morgan fingerprint density at radius 3 is 2.45 bits per heavy atom. The van der Waals surface area contributed by atoms with E-state index in [1.165, 1.54) is 0 Å². The molecule has 1 heterocycles. The second-order valence-electron chi connectivity index (χ2n) is 6.29. The summed E-state index contributed by atoms with van der Waals surface area (Å²) in [7, 11) is -1.17. The summed E-state index contributed by atoms with van der Waals surface area (Å²) < 4.78 is 20.5. The van der Waals surface area contributed by atoms with Crippen molar-refractivity contribution in [3.63, 3.8) is 0 Å². The average molecular weight is 330 g/mol. The van der Waals surface area contributed by atoms with Crippen molar-refractivity contribution >= 4 is 8.53 Å². The first-order valence-corrected chi connectivity index (χ1v) is 9.40. The zero-order valence-corrected chi connectivity index (χ0v) is 15.7. The quantitative estimate of drug-likeness (QED) is 0.360. The summed E-state index contributed by atoms with van der Waals surface area (Å²) in [5, 5.41) is 0. The van der Waals surface area contributed by atoms with Crippen LogP contribution in [0.3, 0.4) is 0 Å². The second kappa shape index (κ2) is 9.80. The van der Waals surface area contributed by atoms with Crippen molar-refractivity contribution in [2.75, 3.05) is 13.2 Å². The molecule has 22 heavy (non-hydrogen) atoms. The Bertz CT molecular complexity index is 352. The Hall–Kier alpha value is -0.240. The van der Waals surface area contributed by atoms with Gasteiger partial charge in [0.25, 0.3) is 8.53 Å². The zero-order chi connectivity index (χ0) is 16.7. The van der Waals surface area contributed by atoms with Gasteiger partial charge in [-0.2, -0.15) is 0 Å². The van der Waals surface area contributed by atoms with E-state index in [9.17, 15) is 0 Å². The van der Waals surface area contributed by atoms with E-state index < -0.39 is 8.53 Å². The third-order valence-corrected chi connectivity index (χ3v) is 5.82. The third-order valence-electron chi connectivity index (χ3n) is 3.67. The van der Waals surface area contributed by atoms with Crippen LogP contribution in [0.25, 0.3) is 4.85 Å². The summed E-state index contributed by atoms with van der Waals surface area (Å²) >= 11 is 0. The minimum absolute atomic E-state index is 0.0825. The summed E-state index contributed by atoms with van der Waals surface area (Å²) in [5.41, 5.74) is 0. The first-order chi connectivity index (χ1) is 10.4. The third kappa shape index (κ3) is 5.76. The molecule has 0 radical (unpaired) electrons. The monoisotopic (exact) mass is 330 g/mol. The Balaban J connectivity index is 2.78. The maximum absolute atomic E-state index is 6.91. The number of hydrogen-bond donors (Lipinski definition) is 0. The van der Waals surface area contributed by atoms with E-state index in [1.54, 1.807) is 0 Å². The highest BCUT2D eigenvalue weighted by Gasteiger charge is 2.38. The first-order valence-electron chi connectivity index (χ1n) is 8.27. The molecule has 1 rings (SSSR count). The molecule has 1 saturated heterocycles. The molecule has 0 aromatic heterocycles. The summed E-state index contributed by atoms with van der Waals surface area (Å²) in [6.07, 6.45) is 2.32. The van der Waals surface area contributed by atoms with E-state index in [0.717, 1.165) is 12.8 Å². The van der Waals surface area contributed by atoms with E-state index in [0.29, 0.717) is 25.2 Å². The molecular weight excluding hydrogens is 299 g/mol. The summed E-state index contributed by atoms with van der Waals surface area (Å²) in [5.74, 6) is 0. The lowest BCUT2D eigenvalue weighted by molar-refractivity contribution is 0.0163. The summed E-state index contributed by atoms with van der Waals surface area (Å²) in [6.45, 7) is 20.6. The van der Waals surface area contributed by atoms with Gasteiger partial charge in [-0.25, -0.2) is 11.2 Å². The summed E-state index contributed by atoms with van der Waals surface area (Å²) in [6, 6.07) is 0.665. The smallest absolute Gasteiger partial charge is 0.259 e. The minimum Gasteiger partial charge on any atom is -0.372 e. The normalized spacial score (nSPS) is 26.8. The Kier molecular flexibility index (Phi) is 8.82. The van der Waals surface area contributed by atoms with E-state index in [4.69, 9.17) is 20.4 Å². The molecule has 0 spiro atoms. The molecule has 0 bridgehead atoms. The molecule has 1 fully saturated rings. The highest BCUT2D eigenvalue weighted by molar-refractivity contribution is 7.44. The molecule has 0 aromatic rings. The van der Waals surface area contributed by atoms with Gasteiger partial charge in [0.05, 0.1) is 18.3 Å². The van der Waals surface area contributed by atoms with E-state index in [-0.39, 0.29) is 18.3 Å². The maximum Gasteiger partial charge on any atom is 0.259 e. The number of nitrogens with zero attached hydrogens (tertiary/aromatic N) is 2. The highest BCUT2D eigenvalue weighted by atomic mass is 31.2. The minimum atomic E-state index is -1.17. The van der Waals surface area contributed by atoms with Crippen molar-refractivity contribution in [3.8, 4) is 0 Å². The van der Waals surface area contributed by atoms with Gasteiger partial charge in [-0.1, -0.05) is 6.92 Å². The van der Waals surface area contributed by atoms with Crippen molar-refractivity contribution < 1.29 is 13.8 Å². The van der Waals surface area contributed by atoms with Crippen LogP contribution in [-0.4, -0.2) is 48.2 Å². The standard InChI is InChI=1S/C16H31N2O3P/c1-8-15-16(11-14(6)20-15)21-22(19-10-9-17-7)18(12(2)3)13(4)5/h12-16H,8-11H2,1-6H3/t14-,15+,16?,22?/m0/s1. The molecule has 1 aliphatic heterocycles. The van der Waals surface area contributed by atoms with E-state index in [1.807, 2.05) is 0 Å². The SMILES string of the molecule is [C-]#[N+]CCOP(OC1C[C@H](C)O[C@@H]1CC)N(C(C)C)C(C)C. The van der Waals surface area contributed by atoms with Gasteiger partial charge in [0.15, 0.2) is 0 Å². The first kappa shape index (κ1) is 19.8. The largest absolute Gasteiger partial charge is 0.372 e. The van der Waals surface area contributed by atoms with Crippen molar-refractivity contribution in [2.45, 2.75) is 84.8 Å². The van der Waals surface area contributed by atoms with Gasteiger partial charge >= 0.3 is 0 Å². The van der Waals surface area contributed by atoms with Crippen LogP contribution in [0, 0.1) is 6.57 Å². The molecule has 1 aliphatic rings. The van der Waals surface area contributed by atoms with Crippen molar-refractivity contribution in [1.29, 1.82) is 0 Å². The van der Waals surface area contributed by atoms with Gasteiger partial charge in [0, 0.05) is 18.5 Å². The zero-order valence-electron chi connectivity index (χ0n) is 14.8. The molecule has 0 amide bonds. The van der Waals surface area contributed by atoms with Gasteiger partial charge in [-0.05, 0) is 41.0 Å². The number of ether oxygens (including phenoxy) is 1. The van der Waals surface area contributed by atoms with Gasteiger partial charge in [-0.3, -0.25) is 0 Å². The van der Waals surface area contributed by atoms with Crippen LogP contribution in [0.2, 0.25) is 0 Å². The summed E-state index contributed by atoms with van der Waals surface area (Å²) in [4.78, 5) is 3.37. The Labute approximate surface area is 137 Å². The van der Waals surface area contributed by atoms with Crippen LogP contribution >= 0.6 is 8.53 Å². The van der Waals surface area contributed by atoms with Gasteiger partial charge in [0.2, 0.25) is 6.54 Å². The maximum atomic E-state index is 6.91. The number of hydrogen-bond acceptors (Lipinski definition) is 4. The molecule has 4 atom stereocenters. The fourth-order valence-corrected chi connectivity index (χ4v) is 4.54. The van der Waals surface area contributed by atoms with Crippen LogP contribution in [0.1, 0.15) is 54.4 Å². The van der Waals surface area contributed by atoms with Gasteiger partial charge in [-0.15, -0.1) is 0 Å². The fraction of sp³-hybridized carbons (Fsp3) is 0.938. The highest BCUT2D eigenvalue weighted by Crippen LogP contribution is 2.49. The van der Waals surface area contributed by atoms with Crippen molar-refractivity contribution in [2.24, 2.45) is 0 Å². The Morgan fingerprint density at radius 1 is 1.32 bits per heavy atom. The predicted octanol–water partition coefficient (Wildman–Crippen LogP) is 4.24. The van der Waals surface area contributed by atoms with Crippen molar-refractivity contribution in [3.05, 3.63) is 11.4 Å². The Morgan fingerprint density at radius 2 is 1.95 bits per heavy atom. The van der Waals surface area contributed by atoms with Crippen LogP contribution in [0.15, 0.2) is 0 Å². The molecule has 6 heteroatoms. The molecule has 0 saturated carbocycles. The van der Waals surface area contributed by atoms with Crippen LogP contribution < -0.4 is 0 Å². The molecule has 128 valence electrons. The number of rotatable bonds is 9. The molecule has 2 unspecified atom stereocenters. The van der Waals surface area contributed by atoms with Crippen molar-refractivity contribution in [1.82, 2.24) is 4.67 Å². The predicted molar refractivity (Wildman–Crippen MR) is 90.6 cm³/mol. The molecule has 0 aliphatic carbocycles. The average Bonchev–Trinajstić information content (AvgIpc) is 2.78. The molecule has 0 aromatic carbocycles. The van der Waals surface area contributed by atoms with Gasteiger partial charge in [0.1, 0.15) is 6.61 Å². The molecule has 5 nitrogen and oxygen atoms in total. The van der Waals surface area contributed by atoms with Crippen LogP contribution in [-0.2, 0) is 13.8 Å². The molecule has 0 N–H and O–H groups in total.